The fourth-order valence-corrected chi connectivity index (χ4v) is 2.78. The van der Waals surface area contributed by atoms with Crippen molar-refractivity contribution in [3.8, 4) is 0 Å². The minimum absolute atomic E-state index is 0.420. The Balaban J connectivity index is 0.000000921. The van der Waals surface area contributed by atoms with Gasteiger partial charge in [-0.25, -0.2) is 0 Å². The maximum atomic E-state index is 11.3. The summed E-state index contributed by atoms with van der Waals surface area (Å²) in [5.41, 5.74) is -0.420. The van der Waals surface area contributed by atoms with Crippen molar-refractivity contribution < 1.29 is 9.90 Å². The molecule has 0 saturated heterocycles. The molecular weight excluding hydrogens is 188 g/mol. The first-order valence-electron chi connectivity index (χ1n) is 6.40. The van der Waals surface area contributed by atoms with Gasteiger partial charge in [-0.1, -0.05) is 40.5 Å². The van der Waals surface area contributed by atoms with Crippen LogP contribution in [-0.4, -0.2) is 11.1 Å². The molecule has 1 aliphatic rings. The molecule has 90 valence electrons. The molecule has 1 aliphatic carbocycles. The van der Waals surface area contributed by atoms with Crippen LogP contribution in [-0.2, 0) is 4.79 Å². The number of carbonyl (C=O) groups is 1. The lowest BCUT2D eigenvalue weighted by Gasteiger charge is -2.33. The van der Waals surface area contributed by atoms with Crippen molar-refractivity contribution in [3.63, 3.8) is 0 Å². The third-order valence-corrected chi connectivity index (χ3v) is 3.82. The van der Waals surface area contributed by atoms with Crippen LogP contribution in [0.5, 0.6) is 0 Å². The Hall–Kier alpha value is -0.530. The highest BCUT2D eigenvalue weighted by molar-refractivity contribution is 5.75. The van der Waals surface area contributed by atoms with E-state index in [0.717, 1.165) is 25.7 Å². The van der Waals surface area contributed by atoms with Gasteiger partial charge in [0.2, 0.25) is 0 Å². The predicted molar refractivity (Wildman–Crippen MR) is 64.0 cm³/mol. The van der Waals surface area contributed by atoms with Crippen LogP contribution in [0.4, 0.5) is 0 Å². The molecule has 0 aromatic carbocycles. The molecule has 0 spiro atoms. The summed E-state index contributed by atoms with van der Waals surface area (Å²) in [6, 6.07) is 0. The SMILES string of the molecule is CC.CCC(CC)(C(=O)O)C1CCCC1. The summed E-state index contributed by atoms with van der Waals surface area (Å²) in [6.07, 6.45) is 6.24. The van der Waals surface area contributed by atoms with E-state index in [1.807, 2.05) is 27.7 Å². The first-order chi connectivity index (χ1) is 7.17. The molecule has 0 aromatic rings. The summed E-state index contributed by atoms with van der Waals surface area (Å²) in [6.45, 7) is 8.02. The molecule has 0 heterocycles. The fraction of sp³-hybridized carbons (Fsp3) is 0.923. The quantitative estimate of drug-likeness (QED) is 0.765. The minimum Gasteiger partial charge on any atom is -0.481 e. The third-order valence-electron chi connectivity index (χ3n) is 3.82. The Morgan fingerprint density at radius 2 is 1.60 bits per heavy atom. The first kappa shape index (κ1) is 14.5. The highest BCUT2D eigenvalue weighted by Crippen LogP contribution is 2.44. The van der Waals surface area contributed by atoms with Gasteiger partial charge in [0, 0.05) is 0 Å². The summed E-state index contributed by atoms with van der Waals surface area (Å²) in [7, 11) is 0. The zero-order chi connectivity index (χ0) is 11.9. The summed E-state index contributed by atoms with van der Waals surface area (Å²) < 4.78 is 0. The lowest BCUT2D eigenvalue weighted by molar-refractivity contribution is -0.153. The van der Waals surface area contributed by atoms with E-state index in [4.69, 9.17) is 0 Å². The number of hydrogen-bond donors (Lipinski definition) is 1. The standard InChI is InChI=1S/C11H20O2.C2H6/c1-3-11(4-2,10(12)13)9-7-5-6-8-9;1-2/h9H,3-8H2,1-2H3,(H,12,13);1-2H3. The van der Waals surface area contributed by atoms with Gasteiger partial charge in [-0.3, -0.25) is 4.79 Å². The van der Waals surface area contributed by atoms with Gasteiger partial charge in [0.25, 0.3) is 0 Å². The Labute approximate surface area is 94.1 Å². The molecule has 0 aromatic heterocycles. The second kappa shape index (κ2) is 6.86. The molecule has 0 bridgehead atoms. The van der Waals surface area contributed by atoms with Crippen LogP contribution < -0.4 is 0 Å². The van der Waals surface area contributed by atoms with Gasteiger partial charge in [0.1, 0.15) is 0 Å². The Morgan fingerprint density at radius 3 is 1.87 bits per heavy atom. The summed E-state index contributed by atoms with van der Waals surface area (Å²) in [5, 5.41) is 9.28. The van der Waals surface area contributed by atoms with E-state index in [-0.39, 0.29) is 0 Å². The average molecular weight is 214 g/mol. The number of hydrogen-bond acceptors (Lipinski definition) is 1. The summed E-state index contributed by atoms with van der Waals surface area (Å²) in [5.74, 6) is -0.149. The Morgan fingerprint density at radius 1 is 1.20 bits per heavy atom. The third kappa shape index (κ3) is 2.96. The molecule has 0 atom stereocenters. The molecule has 0 amide bonds. The van der Waals surface area contributed by atoms with Crippen molar-refractivity contribution in [2.45, 2.75) is 66.2 Å². The van der Waals surface area contributed by atoms with Crippen LogP contribution in [0.3, 0.4) is 0 Å². The van der Waals surface area contributed by atoms with Crippen LogP contribution in [0, 0.1) is 11.3 Å². The van der Waals surface area contributed by atoms with E-state index in [1.165, 1.54) is 12.8 Å². The lowest BCUT2D eigenvalue weighted by Crippen LogP contribution is -2.36. The van der Waals surface area contributed by atoms with Crippen molar-refractivity contribution in [3.05, 3.63) is 0 Å². The normalized spacial score (nSPS) is 17.1. The zero-order valence-corrected chi connectivity index (χ0v) is 10.7. The largest absolute Gasteiger partial charge is 0.481 e. The highest BCUT2D eigenvalue weighted by Gasteiger charge is 2.43. The second-order valence-electron chi connectivity index (χ2n) is 4.15. The average Bonchev–Trinajstić information content (AvgIpc) is 2.77. The molecule has 2 nitrogen and oxygen atoms in total. The molecule has 1 saturated carbocycles. The molecule has 0 aliphatic heterocycles. The van der Waals surface area contributed by atoms with Crippen molar-refractivity contribution in [2.24, 2.45) is 11.3 Å². The number of aliphatic carboxylic acids is 1. The maximum absolute atomic E-state index is 11.3. The monoisotopic (exact) mass is 214 g/mol. The van der Waals surface area contributed by atoms with Crippen LogP contribution in [0.15, 0.2) is 0 Å². The van der Waals surface area contributed by atoms with E-state index < -0.39 is 11.4 Å². The van der Waals surface area contributed by atoms with Gasteiger partial charge in [-0.05, 0) is 31.6 Å². The van der Waals surface area contributed by atoms with Gasteiger partial charge in [0.15, 0.2) is 0 Å². The highest BCUT2D eigenvalue weighted by atomic mass is 16.4. The topological polar surface area (TPSA) is 37.3 Å². The molecule has 0 unspecified atom stereocenters. The zero-order valence-electron chi connectivity index (χ0n) is 10.7. The van der Waals surface area contributed by atoms with E-state index in [9.17, 15) is 9.90 Å². The Bertz CT molecular complexity index is 177. The van der Waals surface area contributed by atoms with Crippen molar-refractivity contribution in [1.82, 2.24) is 0 Å². The van der Waals surface area contributed by atoms with Crippen LogP contribution >= 0.6 is 0 Å². The minimum atomic E-state index is -0.579. The van der Waals surface area contributed by atoms with E-state index in [2.05, 4.69) is 0 Å². The number of rotatable bonds is 4. The van der Waals surface area contributed by atoms with Crippen LogP contribution in [0.2, 0.25) is 0 Å². The smallest absolute Gasteiger partial charge is 0.309 e. The molecule has 1 N–H and O–H groups in total. The molecule has 0 radical (unpaired) electrons. The summed E-state index contributed by atoms with van der Waals surface area (Å²) >= 11 is 0. The number of carboxylic acid groups (broad SMARTS) is 1. The molecule has 2 heteroatoms. The van der Waals surface area contributed by atoms with Gasteiger partial charge < -0.3 is 5.11 Å². The van der Waals surface area contributed by atoms with E-state index >= 15 is 0 Å². The molecule has 1 rings (SSSR count). The second-order valence-corrected chi connectivity index (χ2v) is 4.15. The fourth-order valence-electron chi connectivity index (χ4n) is 2.78. The van der Waals surface area contributed by atoms with Crippen LogP contribution in [0.25, 0.3) is 0 Å². The van der Waals surface area contributed by atoms with Gasteiger partial charge in [-0.2, -0.15) is 0 Å². The molecule has 1 fully saturated rings. The lowest BCUT2D eigenvalue weighted by atomic mass is 9.70. The summed E-state index contributed by atoms with van der Waals surface area (Å²) in [4.78, 5) is 11.3. The van der Waals surface area contributed by atoms with Crippen molar-refractivity contribution >= 4 is 5.97 Å². The van der Waals surface area contributed by atoms with Crippen molar-refractivity contribution in [2.75, 3.05) is 0 Å². The van der Waals surface area contributed by atoms with Crippen LogP contribution in [0.1, 0.15) is 66.2 Å². The molecule has 15 heavy (non-hydrogen) atoms. The molecular formula is C13H26O2. The first-order valence-corrected chi connectivity index (χ1v) is 6.40. The van der Waals surface area contributed by atoms with E-state index in [0.29, 0.717) is 5.92 Å². The predicted octanol–water partition coefficient (Wildman–Crippen LogP) is 4.09. The van der Waals surface area contributed by atoms with E-state index in [1.54, 1.807) is 0 Å². The van der Waals surface area contributed by atoms with Gasteiger partial charge in [-0.15, -0.1) is 0 Å². The maximum Gasteiger partial charge on any atom is 0.309 e. The Kier molecular flexibility index (Phi) is 6.62. The van der Waals surface area contributed by atoms with Gasteiger partial charge in [0.05, 0.1) is 5.41 Å². The van der Waals surface area contributed by atoms with Gasteiger partial charge >= 0.3 is 5.97 Å². The number of carboxylic acids is 1. The van der Waals surface area contributed by atoms with Crippen molar-refractivity contribution in [1.29, 1.82) is 0 Å².